The highest BCUT2D eigenvalue weighted by atomic mass is 16.5. The van der Waals surface area contributed by atoms with E-state index in [2.05, 4.69) is 6.92 Å². The molecular formula is C10H20O3. The van der Waals surface area contributed by atoms with Gasteiger partial charge < -0.3 is 9.84 Å². The molecule has 0 aliphatic rings. The van der Waals surface area contributed by atoms with E-state index in [1.54, 1.807) is 0 Å². The first kappa shape index (κ1) is 12.4. The summed E-state index contributed by atoms with van der Waals surface area (Å²) in [5.41, 5.74) is 0. The minimum atomic E-state index is -0.206. The molecule has 0 radical (unpaired) electrons. The molecule has 0 heterocycles. The Kier molecular flexibility index (Phi) is 7.69. The van der Waals surface area contributed by atoms with Crippen LogP contribution in [0.4, 0.5) is 0 Å². The van der Waals surface area contributed by atoms with Gasteiger partial charge in [-0.3, -0.25) is 4.79 Å². The number of aliphatic hydroxyl groups is 1. The minimum Gasteiger partial charge on any atom is -0.463 e. The zero-order valence-electron chi connectivity index (χ0n) is 8.58. The van der Waals surface area contributed by atoms with E-state index in [-0.39, 0.29) is 18.7 Å². The van der Waals surface area contributed by atoms with Crippen molar-refractivity contribution in [1.82, 2.24) is 0 Å². The summed E-state index contributed by atoms with van der Waals surface area (Å²) in [7, 11) is 0. The van der Waals surface area contributed by atoms with Crippen LogP contribution in [-0.4, -0.2) is 23.8 Å². The molecule has 0 saturated carbocycles. The summed E-state index contributed by atoms with van der Waals surface area (Å²) in [6, 6.07) is 0. The minimum absolute atomic E-state index is 0.0500. The second-order valence-corrected chi connectivity index (χ2v) is 3.24. The van der Waals surface area contributed by atoms with E-state index in [9.17, 15) is 4.79 Å². The maximum absolute atomic E-state index is 10.7. The van der Waals surface area contributed by atoms with Gasteiger partial charge in [0.15, 0.2) is 0 Å². The predicted molar refractivity (Wildman–Crippen MR) is 51.4 cm³/mol. The lowest BCUT2D eigenvalue weighted by Crippen LogP contribution is -2.16. The molecule has 0 aromatic carbocycles. The first-order valence-corrected chi connectivity index (χ1v) is 4.98. The molecule has 0 spiro atoms. The van der Waals surface area contributed by atoms with Crippen LogP contribution < -0.4 is 0 Å². The standard InChI is InChI=1S/C10H20O3/c1-3-6-10(13-9(2)12)7-4-5-8-11/h10-11H,3-8H2,1-2H3. The number of rotatable bonds is 7. The van der Waals surface area contributed by atoms with Crippen molar-refractivity contribution in [3.05, 3.63) is 0 Å². The summed E-state index contributed by atoms with van der Waals surface area (Å²) in [5, 5.41) is 8.58. The van der Waals surface area contributed by atoms with Crippen molar-refractivity contribution >= 4 is 5.97 Å². The largest absolute Gasteiger partial charge is 0.463 e. The quantitative estimate of drug-likeness (QED) is 0.490. The van der Waals surface area contributed by atoms with E-state index in [0.717, 1.165) is 32.1 Å². The molecule has 0 rings (SSSR count). The van der Waals surface area contributed by atoms with Gasteiger partial charge in [-0.15, -0.1) is 0 Å². The molecule has 1 atom stereocenters. The van der Waals surface area contributed by atoms with Gasteiger partial charge in [-0.25, -0.2) is 0 Å². The third kappa shape index (κ3) is 7.78. The molecule has 0 fully saturated rings. The predicted octanol–water partition coefficient (Wildman–Crippen LogP) is 1.88. The Labute approximate surface area is 80.1 Å². The van der Waals surface area contributed by atoms with Crippen LogP contribution in [0, 0.1) is 0 Å². The lowest BCUT2D eigenvalue weighted by molar-refractivity contribution is -0.147. The number of hydrogen-bond acceptors (Lipinski definition) is 3. The van der Waals surface area contributed by atoms with Gasteiger partial charge >= 0.3 is 5.97 Å². The Hall–Kier alpha value is -0.570. The van der Waals surface area contributed by atoms with Crippen molar-refractivity contribution in [2.45, 2.75) is 52.1 Å². The van der Waals surface area contributed by atoms with Gasteiger partial charge in [0.05, 0.1) is 0 Å². The number of unbranched alkanes of at least 4 members (excludes halogenated alkanes) is 1. The van der Waals surface area contributed by atoms with Gasteiger partial charge in [-0.1, -0.05) is 13.3 Å². The van der Waals surface area contributed by atoms with Crippen molar-refractivity contribution in [2.75, 3.05) is 6.61 Å². The summed E-state index contributed by atoms with van der Waals surface area (Å²) in [5.74, 6) is -0.206. The van der Waals surface area contributed by atoms with Crippen LogP contribution in [0.3, 0.4) is 0 Å². The average Bonchev–Trinajstić information content (AvgIpc) is 2.04. The molecule has 0 bridgehead atoms. The molecule has 1 N–H and O–H groups in total. The van der Waals surface area contributed by atoms with Crippen molar-refractivity contribution < 1.29 is 14.6 Å². The van der Waals surface area contributed by atoms with E-state index < -0.39 is 0 Å². The Balaban J connectivity index is 3.59. The van der Waals surface area contributed by atoms with Gasteiger partial charge in [0, 0.05) is 13.5 Å². The van der Waals surface area contributed by atoms with E-state index in [0.29, 0.717) is 0 Å². The Morgan fingerprint density at radius 2 is 2.08 bits per heavy atom. The lowest BCUT2D eigenvalue weighted by Gasteiger charge is -2.15. The van der Waals surface area contributed by atoms with Gasteiger partial charge in [-0.2, -0.15) is 0 Å². The van der Waals surface area contributed by atoms with Crippen molar-refractivity contribution in [3.8, 4) is 0 Å². The topological polar surface area (TPSA) is 46.5 Å². The van der Waals surface area contributed by atoms with Crippen molar-refractivity contribution in [2.24, 2.45) is 0 Å². The second kappa shape index (κ2) is 8.05. The second-order valence-electron chi connectivity index (χ2n) is 3.24. The molecule has 0 aliphatic carbocycles. The highest BCUT2D eigenvalue weighted by Crippen LogP contribution is 2.10. The smallest absolute Gasteiger partial charge is 0.302 e. The molecule has 0 aromatic rings. The van der Waals surface area contributed by atoms with Crippen LogP contribution in [0.2, 0.25) is 0 Å². The van der Waals surface area contributed by atoms with Gasteiger partial charge in [-0.05, 0) is 25.7 Å². The van der Waals surface area contributed by atoms with Crippen molar-refractivity contribution in [3.63, 3.8) is 0 Å². The van der Waals surface area contributed by atoms with Gasteiger partial charge in [0.1, 0.15) is 6.10 Å². The summed E-state index contributed by atoms with van der Waals surface area (Å²) < 4.78 is 5.12. The molecule has 3 nitrogen and oxygen atoms in total. The number of aliphatic hydroxyl groups excluding tert-OH is 1. The molecular weight excluding hydrogens is 168 g/mol. The summed E-state index contributed by atoms with van der Waals surface area (Å²) in [6.07, 6.45) is 4.58. The zero-order valence-corrected chi connectivity index (χ0v) is 8.58. The van der Waals surface area contributed by atoms with Gasteiger partial charge in [0.25, 0.3) is 0 Å². The van der Waals surface area contributed by atoms with Crippen LogP contribution in [0.5, 0.6) is 0 Å². The molecule has 0 aromatic heterocycles. The van der Waals surface area contributed by atoms with Crippen LogP contribution >= 0.6 is 0 Å². The number of carbonyl (C=O) groups is 1. The van der Waals surface area contributed by atoms with E-state index >= 15 is 0 Å². The normalized spacial score (nSPS) is 12.5. The molecule has 0 aliphatic heterocycles. The molecule has 1 unspecified atom stereocenters. The fourth-order valence-electron chi connectivity index (χ4n) is 1.30. The molecule has 0 amide bonds. The van der Waals surface area contributed by atoms with E-state index in [4.69, 9.17) is 9.84 Å². The Morgan fingerprint density at radius 3 is 2.54 bits per heavy atom. The average molecular weight is 188 g/mol. The third-order valence-electron chi connectivity index (χ3n) is 1.88. The lowest BCUT2D eigenvalue weighted by atomic mass is 10.1. The fourth-order valence-corrected chi connectivity index (χ4v) is 1.30. The number of esters is 1. The first-order chi connectivity index (χ1) is 6.20. The SMILES string of the molecule is CCCC(CCCCO)OC(C)=O. The Bertz CT molecular complexity index is 134. The molecule has 13 heavy (non-hydrogen) atoms. The highest BCUT2D eigenvalue weighted by molar-refractivity contribution is 5.66. The van der Waals surface area contributed by atoms with Crippen LogP contribution in [-0.2, 0) is 9.53 Å². The summed E-state index contributed by atoms with van der Waals surface area (Å²) in [6.45, 7) is 3.73. The van der Waals surface area contributed by atoms with E-state index in [1.807, 2.05) is 0 Å². The highest BCUT2D eigenvalue weighted by Gasteiger charge is 2.09. The number of carbonyl (C=O) groups excluding carboxylic acids is 1. The fraction of sp³-hybridized carbons (Fsp3) is 0.900. The third-order valence-corrected chi connectivity index (χ3v) is 1.88. The maximum Gasteiger partial charge on any atom is 0.302 e. The van der Waals surface area contributed by atoms with Crippen molar-refractivity contribution in [1.29, 1.82) is 0 Å². The summed E-state index contributed by atoms with van der Waals surface area (Å²) >= 11 is 0. The molecule has 0 saturated heterocycles. The molecule has 78 valence electrons. The zero-order chi connectivity index (χ0) is 10.1. The first-order valence-electron chi connectivity index (χ1n) is 4.98. The summed E-state index contributed by atoms with van der Waals surface area (Å²) in [4.78, 5) is 10.7. The van der Waals surface area contributed by atoms with Crippen LogP contribution in [0.25, 0.3) is 0 Å². The monoisotopic (exact) mass is 188 g/mol. The maximum atomic E-state index is 10.7. The van der Waals surface area contributed by atoms with Gasteiger partial charge in [0.2, 0.25) is 0 Å². The number of hydrogen-bond donors (Lipinski definition) is 1. The number of ether oxygens (including phenoxy) is 1. The Morgan fingerprint density at radius 1 is 1.38 bits per heavy atom. The molecule has 3 heteroatoms. The van der Waals surface area contributed by atoms with Crippen LogP contribution in [0.1, 0.15) is 46.0 Å². The van der Waals surface area contributed by atoms with E-state index in [1.165, 1.54) is 6.92 Å². The van der Waals surface area contributed by atoms with Crippen LogP contribution in [0.15, 0.2) is 0 Å².